The third-order valence-electron chi connectivity index (χ3n) is 4.53. The smallest absolute Gasteiger partial charge is 0.172 e. The first-order chi connectivity index (χ1) is 11.1. The first kappa shape index (κ1) is 14.9. The van der Waals surface area contributed by atoms with Gasteiger partial charge in [-0.3, -0.25) is 0 Å². The number of fused-ring (bicyclic) bond motifs is 2. The van der Waals surface area contributed by atoms with Crippen LogP contribution >= 0.6 is 28.1 Å². The minimum absolute atomic E-state index is 0.0732. The van der Waals surface area contributed by atoms with Crippen LogP contribution in [-0.4, -0.2) is 10.1 Å². The lowest BCUT2D eigenvalue weighted by Gasteiger charge is -2.32. The zero-order valence-corrected chi connectivity index (χ0v) is 14.9. The summed E-state index contributed by atoms with van der Waals surface area (Å²) in [5.74, 6) is 0.803. The molecule has 1 aromatic carbocycles. The molecular formula is C17H17BrN4S. The van der Waals surface area contributed by atoms with E-state index in [0.29, 0.717) is 5.11 Å². The van der Waals surface area contributed by atoms with Crippen LogP contribution in [0.4, 0.5) is 11.5 Å². The zero-order valence-electron chi connectivity index (χ0n) is 12.5. The van der Waals surface area contributed by atoms with Gasteiger partial charge in [0.25, 0.3) is 0 Å². The van der Waals surface area contributed by atoms with Gasteiger partial charge in [0, 0.05) is 21.4 Å². The van der Waals surface area contributed by atoms with E-state index in [1.165, 1.54) is 18.4 Å². The maximum Gasteiger partial charge on any atom is 0.172 e. The van der Waals surface area contributed by atoms with Crippen LogP contribution in [0.25, 0.3) is 0 Å². The highest BCUT2D eigenvalue weighted by atomic mass is 79.9. The Morgan fingerprint density at radius 1 is 1.26 bits per heavy atom. The molecule has 0 bridgehead atoms. The fraction of sp³-hybridized carbons (Fsp3) is 0.294. The van der Waals surface area contributed by atoms with Crippen LogP contribution in [0.1, 0.15) is 41.3 Å². The summed E-state index contributed by atoms with van der Waals surface area (Å²) in [5, 5.41) is 7.11. The van der Waals surface area contributed by atoms with E-state index in [4.69, 9.17) is 22.9 Å². The van der Waals surface area contributed by atoms with E-state index in [0.717, 1.165) is 45.6 Å². The van der Waals surface area contributed by atoms with Crippen LogP contribution in [0.5, 0.6) is 0 Å². The second-order valence-electron chi connectivity index (χ2n) is 6.01. The molecule has 1 aliphatic heterocycles. The number of aryl methyl sites for hydroxylation is 1. The summed E-state index contributed by atoms with van der Waals surface area (Å²) >= 11 is 8.91. The number of rotatable bonds is 1. The van der Waals surface area contributed by atoms with E-state index in [1.807, 2.05) is 12.1 Å². The molecule has 2 aliphatic rings. The number of anilines is 2. The lowest BCUT2D eigenvalue weighted by atomic mass is 9.88. The molecule has 1 aliphatic carbocycles. The standard InChI is InChI=1S/C17H17BrN4S/c18-10-5-3-4-9(8-10)15-13-14(19)11-6-1-2-7-12(11)20-16(13)22-17(23)21-15/h3-5,8,15H,1-2,6-7H2,(H4,19,20,21,22,23). The predicted octanol–water partition coefficient (Wildman–Crippen LogP) is 3.69. The van der Waals surface area contributed by atoms with Crippen molar-refractivity contribution in [3.63, 3.8) is 0 Å². The van der Waals surface area contributed by atoms with Gasteiger partial charge in [0.15, 0.2) is 5.11 Å². The van der Waals surface area contributed by atoms with Crippen molar-refractivity contribution in [2.75, 3.05) is 11.1 Å². The van der Waals surface area contributed by atoms with Gasteiger partial charge < -0.3 is 16.4 Å². The Morgan fingerprint density at radius 3 is 2.91 bits per heavy atom. The number of hydrogen-bond acceptors (Lipinski definition) is 3. The van der Waals surface area contributed by atoms with Gasteiger partial charge in [-0.2, -0.15) is 0 Å². The Balaban J connectivity index is 1.90. The Hall–Kier alpha value is -1.66. The highest BCUT2D eigenvalue weighted by Gasteiger charge is 2.30. The van der Waals surface area contributed by atoms with Crippen molar-refractivity contribution in [1.29, 1.82) is 0 Å². The Bertz CT molecular complexity index is 805. The minimum Gasteiger partial charge on any atom is -0.398 e. The van der Waals surface area contributed by atoms with Crippen LogP contribution in [0, 0.1) is 0 Å². The first-order valence-electron chi connectivity index (χ1n) is 7.77. The van der Waals surface area contributed by atoms with Crippen molar-refractivity contribution >= 4 is 44.8 Å². The average molecular weight is 389 g/mol. The molecule has 2 heterocycles. The van der Waals surface area contributed by atoms with Gasteiger partial charge in [-0.1, -0.05) is 28.1 Å². The van der Waals surface area contributed by atoms with Crippen molar-refractivity contribution < 1.29 is 0 Å². The number of hydrogen-bond donors (Lipinski definition) is 3. The van der Waals surface area contributed by atoms with Crippen LogP contribution in [0.2, 0.25) is 0 Å². The zero-order chi connectivity index (χ0) is 16.0. The molecule has 118 valence electrons. The molecule has 1 aromatic heterocycles. The van der Waals surface area contributed by atoms with E-state index in [-0.39, 0.29) is 6.04 Å². The molecule has 0 saturated carbocycles. The normalized spacial score (nSPS) is 19.3. The first-order valence-corrected chi connectivity index (χ1v) is 8.97. The van der Waals surface area contributed by atoms with Crippen molar-refractivity contribution in [2.24, 2.45) is 0 Å². The van der Waals surface area contributed by atoms with Crippen molar-refractivity contribution in [3.8, 4) is 0 Å². The summed E-state index contributed by atoms with van der Waals surface area (Å²) in [4.78, 5) is 4.83. The van der Waals surface area contributed by atoms with Crippen LogP contribution in [-0.2, 0) is 12.8 Å². The van der Waals surface area contributed by atoms with Crippen LogP contribution in [0.15, 0.2) is 28.7 Å². The number of thiocarbonyl (C=S) groups is 1. The summed E-state index contributed by atoms with van der Waals surface area (Å²) in [5.41, 5.74) is 11.9. The van der Waals surface area contributed by atoms with E-state index >= 15 is 0 Å². The van der Waals surface area contributed by atoms with Gasteiger partial charge in [0.1, 0.15) is 5.82 Å². The van der Waals surface area contributed by atoms with Crippen molar-refractivity contribution in [3.05, 3.63) is 51.1 Å². The maximum atomic E-state index is 6.56. The molecular weight excluding hydrogens is 372 g/mol. The highest BCUT2D eigenvalue weighted by Crippen LogP contribution is 2.40. The van der Waals surface area contributed by atoms with Gasteiger partial charge in [0.05, 0.1) is 6.04 Å². The van der Waals surface area contributed by atoms with Gasteiger partial charge in [-0.15, -0.1) is 0 Å². The largest absolute Gasteiger partial charge is 0.398 e. The topological polar surface area (TPSA) is 63.0 Å². The average Bonchev–Trinajstić information content (AvgIpc) is 2.54. The Labute approximate surface area is 149 Å². The second kappa shape index (κ2) is 5.76. The monoisotopic (exact) mass is 388 g/mol. The molecule has 23 heavy (non-hydrogen) atoms. The van der Waals surface area contributed by atoms with E-state index in [9.17, 15) is 0 Å². The van der Waals surface area contributed by atoms with Gasteiger partial charge in [-0.05, 0) is 61.2 Å². The summed E-state index contributed by atoms with van der Waals surface area (Å²) in [6.07, 6.45) is 4.36. The number of aromatic nitrogens is 1. The van der Waals surface area contributed by atoms with Gasteiger partial charge >= 0.3 is 0 Å². The minimum atomic E-state index is -0.0732. The Morgan fingerprint density at radius 2 is 2.09 bits per heavy atom. The Kier molecular flexibility index (Phi) is 3.73. The molecule has 0 fully saturated rings. The van der Waals surface area contributed by atoms with Crippen molar-refractivity contribution in [2.45, 2.75) is 31.7 Å². The molecule has 0 radical (unpaired) electrons. The number of pyridine rings is 1. The molecule has 6 heteroatoms. The van der Waals surface area contributed by atoms with E-state index in [2.05, 4.69) is 38.7 Å². The number of nitrogen functional groups attached to an aromatic ring is 1. The maximum absolute atomic E-state index is 6.56. The molecule has 4 rings (SSSR count). The second-order valence-corrected chi connectivity index (χ2v) is 7.33. The van der Waals surface area contributed by atoms with Crippen LogP contribution < -0.4 is 16.4 Å². The molecule has 1 unspecified atom stereocenters. The molecule has 1 atom stereocenters. The number of nitrogens with one attached hydrogen (secondary N) is 2. The lowest BCUT2D eigenvalue weighted by Crippen LogP contribution is -2.39. The number of halogens is 1. The van der Waals surface area contributed by atoms with Crippen LogP contribution in [0.3, 0.4) is 0 Å². The van der Waals surface area contributed by atoms with Gasteiger partial charge in [-0.25, -0.2) is 4.98 Å². The SMILES string of the molecule is Nc1c2c(nc3c1C(c1cccc(Br)c1)NC(=S)N3)CCCC2. The summed E-state index contributed by atoms with van der Waals surface area (Å²) in [7, 11) is 0. The lowest BCUT2D eigenvalue weighted by molar-refractivity contribution is 0.662. The van der Waals surface area contributed by atoms with Crippen molar-refractivity contribution in [1.82, 2.24) is 10.3 Å². The van der Waals surface area contributed by atoms with E-state index in [1.54, 1.807) is 0 Å². The molecule has 4 N–H and O–H groups in total. The number of benzene rings is 1. The highest BCUT2D eigenvalue weighted by molar-refractivity contribution is 9.10. The summed E-state index contributed by atoms with van der Waals surface area (Å²) in [6, 6.07) is 8.13. The summed E-state index contributed by atoms with van der Waals surface area (Å²) in [6.45, 7) is 0. The molecule has 4 nitrogen and oxygen atoms in total. The number of nitrogens with zero attached hydrogens (tertiary/aromatic N) is 1. The number of nitrogens with two attached hydrogens (primary N) is 1. The molecule has 0 spiro atoms. The molecule has 0 amide bonds. The van der Waals surface area contributed by atoms with Gasteiger partial charge in [0.2, 0.25) is 0 Å². The molecule has 0 saturated heterocycles. The molecule has 2 aromatic rings. The fourth-order valence-corrected chi connectivity index (χ4v) is 4.09. The van der Waals surface area contributed by atoms with E-state index < -0.39 is 0 Å². The third-order valence-corrected chi connectivity index (χ3v) is 5.25. The fourth-order valence-electron chi connectivity index (χ4n) is 3.46. The quantitative estimate of drug-likeness (QED) is 0.650. The predicted molar refractivity (Wildman–Crippen MR) is 101 cm³/mol. The third kappa shape index (κ3) is 2.60. The summed E-state index contributed by atoms with van der Waals surface area (Å²) < 4.78 is 1.03.